The number of carbonyl (C=O) groups is 6. The minimum absolute atomic E-state index is 0.0343. The third-order valence-electron chi connectivity index (χ3n) is 11.2. The summed E-state index contributed by atoms with van der Waals surface area (Å²) in [5, 5.41) is 43.2. The second-order valence-electron chi connectivity index (χ2n) is 15.5. The first-order valence-electron chi connectivity index (χ1n) is 19.6. The molecule has 4 aromatic carbocycles. The Balaban J connectivity index is 1.05. The molecule has 61 heavy (non-hydrogen) atoms. The number of nitrogens with zero attached hydrogens (tertiary/aromatic N) is 1. The minimum Gasteiger partial charge on any atom is -0.504 e. The number of amides is 5. The molecule has 4 aromatic rings. The van der Waals surface area contributed by atoms with E-state index in [2.05, 4.69) is 38.6 Å². The van der Waals surface area contributed by atoms with Gasteiger partial charge in [0.15, 0.2) is 11.5 Å². The molecule has 3 aliphatic carbocycles. The third-order valence-corrected chi connectivity index (χ3v) is 11.2. The molecule has 0 unspecified atom stereocenters. The molecule has 2 bridgehead atoms. The first-order chi connectivity index (χ1) is 29.2. The molecular formula is C46H44N6O9. The van der Waals surface area contributed by atoms with Crippen LogP contribution < -0.4 is 31.3 Å². The lowest BCUT2D eigenvalue weighted by atomic mass is 9.53. The number of anilines is 4. The van der Waals surface area contributed by atoms with Gasteiger partial charge in [-0.05, 0) is 137 Å². The standard InChI is InChI=1S/C46H44N6O9/c1-4-5-36(52-44(60)46-23-20-45(21-24-46,22-25-46)43(59)50-33-12-6-28(26-47)7-13-33)41(56)49-32-14-8-29(9-15-32)39(54)51-35-19-18-34(37(53)38(35)61-27(2)3)40(55)48-31-16-10-30(11-17-31)42(57)58/h1,6-19,27,36,53H,5,20-25H2,2-3H3,(H,48,55)(H,49,56)(H,50,59)(H,51,54)(H,52,60)(H,57,58)/t36-,45?,46?/m0/s1. The highest BCUT2D eigenvalue weighted by Crippen LogP contribution is 2.57. The molecule has 312 valence electrons. The molecule has 15 nitrogen and oxygen atoms in total. The van der Waals surface area contributed by atoms with Gasteiger partial charge in [0, 0.05) is 39.9 Å². The second kappa shape index (κ2) is 18.1. The van der Waals surface area contributed by atoms with Crippen LogP contribution in [-0.2, 0) is 14.4 Å². The van der Waals surface area contributed by atoms with Crippen LogP contribution >= 0.6 is 0 Å². The van der Waals surface area contributed by atoms with Gasteiger partial charge >= 0.3 is 5.97 Å². The molecule has 3 aliphatic rings. The zero-order valence-electron chi connectivity index (χ0n) is 33.5. The van der Waals surface area contributed by atoms with Gasteiger partial charge in [-0.1, -0.05) is 0 Å². The van der Waals surface area contributed by atoms with E-state index in [0.717, 1.165) is 0 Å². The zero-order chi connectivity index (χ0) is 43.9. The van der Waals surface area contributed by atoms with Crippen LogP contribution in [0.25, 0.3) is 0 Å². The first kappa shape index (κ1) is 42.9. The summed E-state index contributed by atoms with van der Waals surface area (Å²) in [6, 6.07) is 21.8. The first-order valence-corrected chi connectivity index (χ1v) is 19.6. The van der Waals surface area contributed by atoms with Gasteiger partial charge in [0.1, 0.15) is 6.04 Å². The van der Waals surface area contributed by atoms with Crippen molar-refractivity contribution >= 4 is 58.3 Å². The van der Waals surface area contributed by atoms with Gasteiger partial charge in [-0.3, -0.25) is 24.0 Å². The maximum Gasteiger partial charge on any atom is 0.335 e. The lowest BCUT2D eigenvalue weighted by Crippen LogP contribution is -2.56. The largest absolute Gasteiger partial charge is 0.504 e. The van der Waals surface area contributed by atoms with Gasteiger partial charge < -0.3 is 41.5 Å². The highest BCUT2D eigenvalue weighted by Gasteiger charge is 2.55. The number of hydrogen-bond acceptors (Lipinski definition) is 9. The fourth-order valence-corrected chi connectivity index (χ4v) is 7.63. The van der Waals surface area contributed by atoms with E-state index in [0.29, 0.717) is 61.2 Å². The lowest BCUT2D eigenvalue weighted by molar-refractivity contribution is -0.148. The Morgan fingerprint density at radius 2 is 1.23 bits per heavy atom. The number of carbonyl (C=O) groups excluding carboxylic acids is 5. The Labute approximate surface area is 351 Å². The van der Waals surface area contributed by atoms with E-state index < -0.39 is 52.4 Å². The van der Waals surface area contributed by atoms with Gasteiger partial charge in [-0.25, -0.2) is 4.79 Å². The van der Waals surface area contributed by atoms with Crippen molar-refractivity contribution in [2.75, 3.05) is 21.3 Å². The van der Waals surface area contributed by atoms with E-state index in [1.807, 2.05) is 0 Å². The van der Waals surface area contributed by atoms with Gasteiger partial charge in [-0.2, -0.15) is 5.26 Å². The molecule has 7 N–H and O–H groups in total. The maximum absolute atomic E-state index is 13.8. The predicted molar refractivity (Wildman–Crippen MR) is 226 cm³/mol. The van der Waals surface area contributed by atoms with Gasteiger partial charge in [-0.15, -0.1) is 12.3 Å². The highest BCUT2D eigenvalue weighted by atomic mass is 16.5. The number of carboxylic acid groups (broad SMARTS) is 1. The average molecular weight is 825 g/mol. The summed E-state index contributed by atoms with van der Waals surface area (Å²) in [4.78, 5) is 78.2. The van der Waals surface area contributed by atoms with Crippen molar-refractivity contribution in [3.05, 3.63) is 107 Å². The molecule has 0 saturated heterocycles. The molecular weight excluding hydrogens is 781 g/mol. The summed E-state index contributed by atoms with van der Waals surface area (Å²) in [7, 11) is 0. The van der Waals surface area contributed by atoms with Crippen molar-refractivity contribution in [1.29, 1.82) is 5.26 Å². The van der Waals surface area contributed by atoms with Crippen LogP contribution in [0.15, 0.2) is 84.9 Å². The predicted octanol–water partition coefficient (Wildman–Crippen LogP) is 6.68. The van der Waals surface area contributed by atoms with Crippen LogP contribution in [0.1, 0.15) is 95.4 Å². The number of aromatic hydroxyl groups is 1. The van der Waals surface area contributed by atoms with Crippen molar-refractivity contribution in [1.82, 2.24) is 5.32 Å². The summed E-state index contributed by atoms with van der Waals surface area (Å²) >= 11 is 0. The van der Waals surface area contributed by atoms with Crippen molar-refractivity contribution in [2.24, 2.45) is 10.8 Å². The molecule has 0 heterocycles. The molecule has 3 fully saturated rings. The van der Waals surface area contributed by atoms with E-state index >= 15 is 0 Å². The summed E-state index contributed by atoms with van der Waals surface area (Å²) < 4.78 is 5.80. The Morgan fingerprint density at radius 3 is 1.77 bits per heavy atom. The molecule has 0 aliphatic heterocycles. The number of nitrogens with one attached hydrogen (secondary N) is 5. The Bertz CT molecular complexity index is 2420. The molecule has 7 rings (SSSR count). The quantitative estimate of drug-likeness (QED) is 0.0666. The van der Waals surface area contributed by atoms with Crippen LogP contribution in [0.4, 0.5) is 22.7 Å². The van der Waals surface area contributed by atoms with Crippen LogP contribution in [0.5, 0.6) is 11.5 Å². The fraction of sp³-hybridized carbons (Fsp3) is 0.283. The normalized spacial score (nSPS) is 18.0. The summed E-state index contributed by atoms with van der Waals surface area (Å²) in [6.45, 7) is 3.40. The molecule has 15 heteroatoms. The van der Waals surface area contributed by atoms with Crippen LogP contribution in [-0.4, -0.2) is 57.9 Å². The Morgan fingerprint density at radius 1 is 0.705 bits per heavy atom. The fourth-order valence-electron chi connectivity index (χ4n) is 7.63. The zero-order valence-corrected chi connectivity index (χ0v) is 33.5. The number of hydrogen-bond donors (Lipinski definition) is 7. The number of phenols is 1. The van der Waals surface area contributed by atoms with Gasteiger partial charge in [0.05, 0.1) is 34.6 Å². The van der Waals surface area contributed by atoms with Crippen molar-refractivity contribution in [2.45, 2.75) is 70.9 Å². The van der Waals surface area contributed by atoms with Crippen LogP contribution in [0.2, 0.25) is 0 Å². The monoisotopic (exact) mass is 824 g/mol. The molecule has 1 atom stereocenters. The van der Waals surface area contributed by atoms with Crippen LogP contribution in [0.3, 0.4) is 0 Å². The van der Waals surface area contributed by atoms with Gasteiger partial charge in [0.2, 0.25) is 17.7 Å². The molecule has 0 spiro atoms. The van der Waals surface area contributed by atoms with E-state index in [1.165, 1.54) is 60.7 Å². The SMILES string of the molecule is C#CC[C@H](NC(=O)C12CCC(C(=O)Nc3ccc(C#N)cc3)(CC1)CC2)C(=O)Nc1ccc(C(=O)Nc2ccc(C(=O)Nc3ccc(C(=O)O)cc3)c(O)c2OC(C)C)cc1. The number of aromatic carboxylic acids is 1. The number of terminal acetylenes is 1. The summed E-state index contributed by atoms with van der Waals surface area (Å²) in [6.07, 6.45) is 8.04. The van der Waals surface area contributed by atoms with E-state index in [-0.39, 0.29) is 46.4 Å². The molecule has 0 radical (unpaired) electrons. The van der Waals surface area contributed by atoms with Crippen molar-refractivity contribution in [3.8, 4) is 29.9 Å². The molecule has 5 amide bonds. The topological polar surface area (TPSA) is 236 Å². The minimum atomic E-state index is -1.12. The van der Waals surface area contributed by atoms with Crippen LogP contribution in [0, 0.1) is 34.5 Å². The third kappa shape index (κ3) is 9.64. The maximum atomic E-state index is 13.8. The Hall–Kier alpha value is -7.65. The number of fused-ring (bicyclic) bond motifs is 3. The number of phenolic OH excluding ortho intramolecular Hbond substituents is 1. The van der Waals surface area contributed by atoms with E-state index in [4.69, 9.17) is 21.5 Å². The van der Waals surface area contributed by atoms with Crippen molar-refractivity contribution in [3.63, 3.8) is 0 Å². The smallest absolute Gasteiger partial charge is 0.335 e. The Kier molecular flexibility index (Phi) is 12.7. The number of nitriles is 1. The summed E-state index contributed by atoms with van der Waals surface area (Å²) in [5.74, 6) is -1.57. The number of rotatable bonds is 14. The summed E-state index contributed by atoms with van der Waals surface area (Å²) in [5.41, 5.74) is 0.516. The second-order valence-corrected chi connectivity index (χ2v) is 15.5. The highest BCUT2D eigenvalue weighted by molar-refractivity contribution is 6.09. The number of ether oxygens (including phenoxy) is 1. The van der Waals surface area contributed by atoms with E-state index in [9.17, 15) is 33.9 Å². The van der Waals surface area contributed by atoms with E-state index in [1.54, 1.807) is 38.1 Å². The van der Waals surface area contributed by atoms with Gasteiger partial charge in [0.25, 0.3) is 11.8 Å². The van der Waals surface area contributed by atoms with Crippen molar-refractivity contribution < 1.29 is 43.7 Å². The number of benzene rings is 4. The average Bonchev–Trinajstić information content (AvgIpc) is 3.25. The molecule has 3 saturated carbocycles. The lowest BCUT2D eigenvalue weighted by Gasteiger charge is -2.51. The molecule has 0 aromatic heterocycles. The number of carboxylic acids is 1.